The molecule has 0 saturated carbocycles. The second kappa shape index (κ2) is 14.4. The number of methoxy groups -OCH3 is 1. The molecule has 4 heterocycles. The molecule has 1 amide bonds. The Balaban J connectivity index is 1.45. The van der Waals surface area contributed by atoms with Gasteiger partial charge in [0.2, 0.25) is 0 Å². The number of hydrogen-bond acceptors (Lipinski definition) is 6. The Bertz CT molecular complexity index is 1440. The van der Waals surface area contributed by atoms with Crippen LogP contribution in [0.15, 0.2) is 62.0 Å². The van der Waals surface area contributed by atoms with Gasteiger partial charge in [-0.05, 0) is 69.8 Å². The quantitative estimate of drug-likeness (QED) is 0.142. The highest BCUT2D eigenvalue weighted by molar-refractivity contribution is 6.07. The predicted molar refractivity (Wildman–Crippen MR) is 169 cm³/mol. The SMILES string of the molecule is C=CCCCCN1CCCC(COc2cnccc2-c2[nH]c3c(c2Nc2cccc(F)c2OC)C(=O)NCC3CC=C)C1. The van der Waals surface area contributed by atoms with E-state index in [1.807, 2.05) is 18.2 Å². The largest absolute Gasteiger partial charge is 0.492 e. The fourth-order valence-corrected chi connectivity index (χ4v) is 6.17. The number of fused-ring (bicyclic) bond motifs is 1. The number of amides is 1. The van der Waals surface area contributed by atoms with E-state index < -0.39 is 5.82 Å². The van der Waals surface area contributed by atoms with E-state index in [2.05, 4.69) is 38.7 Å². The Morgan fingerprint density at radius 3 is 2.93 bits per heavy atom. The highest BCUT2D eigenvalue weighted by Crippen LogP contribution is 2.44. The highest BCUT2D eigenvalue weighted by Gasteiger charge is 2.33. The van der Waals surface area contributed by atoms with E-state index in [0.29, 0.717) is 53.9 Å². The molecule has 228 valence electrons. The number of unbranched alkanes of at least 4 members (excludes halogenated alkanes) is 2. The number of piperidine rings is 1. The first kappa shape index (κ1) is 30.4. The first-order valence-corrected chi connectivity index (χ1v) is 15.2. The van der Waals surface area contributed by atoms with Gasteiger partial charge in [-0.1, -0.05) is 18.2 Å². The predicted octanol–water partition coefficient (Wildman–Crippen LogP) is 6.82. The minimum absolute atomic E-state index is 0.0137. The Hall–Kier alpha value is -4.11. The molecule has 9 heteroatoms. The van der Waals surface area contributed by atoms with Crippen LogP contribution in [0.2, 0.25) is 0 Å². The summed E-state index contributed by atoms with van der Waals surface area (Å²) in [4.78, 5) is 23.8. The van der Waals surface area contributed by atoms with Crippen LogP contribution in [0.5, 0.6) is 11.5 Å². The molecule has 43 heavy (non-hydrogen) atoms. The number of H-pyrrole nitrogens is 1. The molecule has 5 rings (SSSR count). The molecule has 1 aromatic carbocycles. The molecule has 2 atom stereocenters. The van der Waals surface area contributed by atoms with E-state index in [-0.39, 0.29) is 17.6 Å². The van der Waals surface area contributed by atoms with Crippen LogP contribution in [0.1, 0.15) is 60.5 Å². The summed E-state index contributed by atoms with van der Waals surface area (Å²) >= 11 is 0. The van der Waals surface area contributed by atoms with Crippen LogP contribution < -0.4 is 20.1 Å². The number of likely N-dealkylation sites (tertiary alicyclic amines) is 1. The summed E-state index contributed by atoms with van der Waals surface area (Å²) in [7, 11) is 1.42. The number of ether oxygens (including phenoxy) is 2. The Morgan fingerprint density at radius 2 is 2.12 bits per heavy atom. The Kier molecular flexibility index (Phi) is 10.1. The number of carbonyl (C=O) groups is 1. The number of para-hydroxylation sites is 1. The smallest absolute Gasteiger partial charge is 0.255 e. The van der Waals surface area contributed by atoms with Crippen LogP contribution in [0, 0.1) is 11.7 Å². The van der Waals surface area contributed by atoms with Gasteiger partial charge in [-0.25, -0.2) is 4.39 Å². The van der Waals surface area contributed by atoms with E-state index in [9.17, 15) is 9.18 Å². The summed E-state index contributed by atoms with van der Waals surface area (Å²) in [6, 6.07) is 6.55. The van der Waals surface area contributed by atoms with Crippen LogP contribution in [0.4, 0.5) is 15.8 Å². The minimum Gasteiger partial charge on any atom is -0.492 e. The summed E-state index contributed by atoms with van der Waals surface area (Å²) in [5.41, 5.74) is 3.68. The second-order valence-corrected chi connectivity index (χ2v) is 11.3. The third kappa shape index (κ3) is 6.94. The molecule has 3 aromatic rings. The summed E-state index contributed by atoms with van der Waals surface area (Å²) in [5.74, 6) is 0.416. The van der Waals surface area contributed by atoms with Gasteiger partial charge in [-0.2, -0.15) is 0 Å². The number of hydrogen-bond donors (Lipinski definition) is 3. The lowest BCUT2D eigenvalue weighted by Crippen LogP contribution is -2.38. The third-order valence-electron chi connectivity index (χ3n) is 8.32. The number of benzene rings is 1. The molecule has 2 aromatic heterocycles. The van der Waals surface area contributed by atoms with Crippen LogP contribution in [-0.2, 0) is 0 Å². The lowest BCUT2D eigenvalue weighted by Gasteiger charge is -2.32. The van der Waals surface area contributed by atoms with Gasteiger partial charge >= 0.3 is 0 Å². The van der Waals surface area contributed by atoms with Crippen molar-refractivity contribution in [2.24, 2.45) is 5.92 Å². The van der Waals surface area contributed by atoms with Crippen molar-refractivity contribution in [3.63, 3.8) is 0 Å². The summed E-state index contributed by atoms with van der Waals surface area (Å²) in [5, 5.41) is 6.34. The van der Waals surface area contributed by atoms with Crippen molar-refractivity contribution in [3.8, 4) is 22.8 Å². The molecule has 2 unspecified atom stereocenters. The molecular weight excluding hydrogens is 545 g/mol. The topological polar surface area (TPSA) is 91.5 Å². The zero-order valence-corrected chi connectivity index (χ0v) is 25.0. The van der Waals surface area contributed by atoms with Crippen molar-refractivity contribution in [2.75, 3.05) is 45.2 Å². The van der Waals surface area contributed by atoms with E-state index >= 15 is 0 Å². The number of nitrogens with one attached hydrogen (secondary N) is 3. The molecule has 0 aliphatic carbocycles. The molecule has 3 N–H and O–H groups in total. The van der Waals surface area contributed by atoms with Crippen LogP contribution in [-0.4, -0.2) is 60.7 Å². The van der Waals surface area contributed by atoms with Crippen molar-refractivity contribution in [1.29, 1.82) is 0 Å². The van der Waals surface area contributed by atoms with Crippen molar-refractivity contribution in [1.82, 2.24) is 20.2 Å². The molecule has 1 fully saturated rings. The standard InChI is InChI=1S/C34H42FN5O3/c1-4-6-7-8-17-40-18-10-12-23(21-40)22-43-28-20-36-16-15-25(28)31-32(38-27-14-9-13-26(35)33(27)42-3)29-30(39-31)24(11-5-2)19-37-34(29)41/h4-5,9,13-16,20,23-24,38-39H,1-2,6-8,10-12,17-19,21-22H2,3H3,(H,37,41). The van der Waals surface area contributed by atoms with Gasteiger partial charge in [0.05, 0.1) is 42.5 Å². The lowest BCUT2D eigenvalue weighted by atomic mass is 9.93. The maximum Gasteiger partial charge on any atom is 0.255 e. The number of aromatic amines is 1. The molecule has 8 nitrogen and oxygen atoms in total. The second-order valence-electron chi connectivity index (χ2n) is 11.3. The summed E-state index contributed by atoms with van der Waals surface area (Å²) < 4.78 is 26.5. The first-order chi connectivity index (χ1) is 21.0. The van der Waals surface area contributed by atoms with Gasteiger partial charge in [0.25, 0.3) is 5.91 Å². The number of rotatable bonds is 14. The van der Waals surface area contributed by atoms with Crippen LogP contribution in [0.25, 0.3) is 11.3 Å². The number of pyridine rings is 1. The zero-order valence-electron chi connectivity index (χ0n) is 25.0. The monoisotopic (exact) mass is 587 g/mol. The number of allylic oxidation sites excluding steroid dienone is 2. The molecule has 0 radical (unpaired) electrons. The van der Waals surface area contributed by atoms with Crippen molar-refractivity contribution in [2.45, 2.75) is 44.4 Å². The average Bonchev–Trinajstić information content (AvgIpc) is 3.40. The molecule has 1 saturated heterocycles. The maximum atomic E-state index is 14.7. The van der Waals surface area contributed by atoms with Gasteiger partial charge in [-0.15, -0.1) is 13.2 Å². The third-order valence-corrected chi connectivity index (χ3v) is 8.32. The molecular formula is C34H42FN5O3. The summed E-state index contributed by atoms with van der Waals surface area (Å²) in [6.45, 7) is 12.0. The van der Waals surface area contributed by atoms with Crippen molar-refractivity contribution >= 4 is 17.3 Å². The highest BCUT2D eigenvalue weighted by atomic mass is 19.1. The first-order valence-electron chi connectivity index (χ1n) is 15.2. The van der Waals surface area contributed by atoms with E-state index in [1.54, 1.807) is 24.5 Å². The van der Waals surface area contributed by atoms with E-state index in [0.717, 1.165) is 50.2 Å². The Labute approximate surface area is 253 Å². The van der Waals surface area contributed by atoms with Gasteiger partial charge < -0.3 is 30.0 Å². The fraction of sp³-hybridized carbons (Fsp3) is 0.412. The lowest BCUT2D eigenvalue weighted by molar-refractivity contribution is 0.0941. The van der Waals surface area contributed by atoms with E-state index in [4.69, 9.17) is 9.47 Å². The number of halogens is 1. The average molecular weight is 588 g/mol. The van der Waals surface area contributed by atoms with Crippen LogP contribution >= 0.6 is 0 Å². The number of carbonyl (C=O) groups excluding carboxylic acids is 1. The van der Waals surface area contributed by atoms with Gasteiger partial charge in [0.15, 0.2) is 11.6 Å². The van der Waals surface area contributed by atoms with Crippen molar-refractivity contribution < 1.29 is 18.7 Å². The van der Waals surface area contributed by atoms with Gasteiger partial charge in [0, 0.05) is 42.4 Å². The normalized spacial score (nSPS) is 18.4. The van der Waals surface area contributed by atoms with Gasteiger partial charge in [0.1, 0.15) is 5.75 Å². The maximum absolute atomic E-state index is 14.7. The number of aromatic nitrogens is 2. The number of anilines is 2. The molecule has 0 spiro atoms. The summed E-state index contributed by atoms with van der Waals surface area (Å²) in [6.07, 6.45) is 13.6. The number of nitrogens with zero attached hydrogens (tertiary/aromatic N) is 2. The van der Waals surface area contributed by atoms with Gasteiger partial charge in [-0.3, -0.25) is 9.78 Å². The van der Waals surface area contributed by atoms with Crippen molar-refractivity contribution in [3.05, 3.63) is 79.0 Å². The van der Waals surface area contributed by atoms with E-state index in [1.165, 1.54) is 26.0 Å². The molecule has 0 bridgehead atoms. The van der Waals surface area contributed by atoms with Crippen LogP contribution in [0.3, 0.4) is 0 Å². The molecule has 2 aliphatic heterocycles. The Morgan fingerprint density at radius 1 is 1.23 bits per heavy atom. The fourth-order valence-electron chi connectivity index (χ4n) is 6.17. The zero-order chi connectivity index (χ0) is 30.2. The molecule has 2 aliphatic rings. The minimum atomic E-state index is -0.498.